The average Bonchev–Trinajstić information content (AvgIpc) is 2.60. The third-order valence-electron chi connectivity index (χ3n) is 3.34. The van der Waals surface area contributed by atoms with Crippen molar-refractivity contribution in [2.24, 2.45) is 0 Å². The third kappa shape index (κ3) is 40.0. The zero-order valence-corrected chi connectivity index (χ0v) is 22.3. The molecule has 0 aromatic carbocycles. The predicted molar refractivity (Wildman–Crippen MR) is 112 cm³/mol. The zero-order valence-electron chi connectivity index (χ0n) is 19.0. The van der Waals surface area contributed by atoms with E-state index >= 15 is 0 Å². The van der Waals surface area contributed by atoms with E-state index in [-0.39, 0.29) is 39.9 Å². The molecule has 0 saturated heterocycles. The first kappa shape index (κ1) is 41.8. The van der Waals surface area contributed by atoms with Gasteiger partial charge in [-0.05, 0) is 34.2 Å². The Morgan fingerprint density at radius 2 is 1.03 bits per heavy atom. The van der Waals surface area contributed by atoms with Crippen molar-refractivity contribution in [3.05, 3.63) is 17.6 Å². The standard InChI is InChI=1S/C6H13Cl2N2.2C6H9O2.ClH2O4.Co/c7-1-4-10(5-2-8)6-3-9;2*1-4(5(2)7)6(3)8;2-1(3,4)5;/h9H,1-6H2;2*1-3H3;2-3H;/q4*-1;+3. The SMILES string of the molecule is CC(=O)[C-](C)C(C)=O.CC(=O)[C-](C)C(C)=O.[Co+3].[NH-]CCN(CCCl)CCCl.[O-][Cl+]([O-])(O)O. The molecule has 0 aliphatic heterocycles. The summed E-state index contributed by atoms with van der Waals surface area (Å²) in [4.78, 5) is 43.4. The molecule has 0 amide bonds. The molecule has 0 spiro atoms. The van der Waals surface area contributed by atoms with Crippen molar-refractivity contribution in [3.8, 4) is 0 Å². The molecule has 0 unspecified atom stereocenters. The Morgan fingerprint density at radius 3 is 1.12 bits per heavy atom. The first-order valence-electron chi connectivity index (χ1n) is 8.80. The van der Waals surface area contributed by atoms with Crippen LogP contribution >= 0.6 is 23.2 Å². The Bertz CT molecular complexity index is 445. The van der Waals surface area contributed by atoms with Gasteiger partial charge in [0.05, 0.1) is 0 Å². The van der Waals surface area contributed by atoms with Crippen LogP contribution in [0.3, 0.4) is 0 Å². The summed E-state index contributed by atoms with van der Waals surface area (Å²) in [6.07, 6.45) is 0. The van der Waals surface area contributed by atoms with Gasteiger partial charge in [-0.15, -0.1) is 29.7 Å². The Balaban J connectivity index is -0.000000103. The van der Waals surface area contributed by atoms with Gasteiger partial charge in [0, 0.05) is 48.0 Å². The summed E-state index contributed by atoms with van der Waals surface area (Å²) < 4.78 is 31.5. The molecule has 0 radical (unpaired) electrons. The number of hydrogen-bond donors (Lipinski definition) is 2. The second-order valence-corrected chi connectivity index (χ2v) is 7.44. The number of halogens is 3. The summed E-state index contributed by atoms with van der Waals surface area (Å²) in [5, 5.41) is 0. The van der Waals surface area contributed by atoms with Crippen LogP contribution in [0.1, 0.15) is 41.5 Å². The van der Waals surface area contributed by atoms with Gasteiger partial charge < -0.3 is 29.8 Å². The van der Waals surface area contributed by atoms with E-state index in [2.05, 4.69) is 4.90 Å². The molecule has 0 rings (SSSR count). The van der Waals surface area contributed by atoms with Crippen molar-refractivity contribution in [3.63, 3.8) is 0 Å². The van der Waals surface area contributed by atoms with Crippen LogP contribution in [0.4, 0.5) is 0 Å². The quantitative estimate of drug-likeness (QED) is 0.205. The van der Waals surface area contributed by atoms with Gasteiger partial charge in [0.25, 0.3) is 0 Å². The summed E-state index contributed by atoms with van der Waals surface area (Å²) in [5.74, 6) is 1.33. The topological polar surface area (TPSA) is 182 Å². The molecule has 32 heavy (non-hydrogen) atoms. The summed E-state index contributed by atoms with van der Waals surface area (Å²) in [6.45, 7) is 11.5. The minimum atomic E-state index is -4.44. The molecule has 10 nitrogen and oxygen atoms in total. The molecule has 0 heterocycles. The van der Waals surface area contributed by atoms with Crippen LogP contribution in [0.25, 0.3) is 5.73 Å². The predicted octanol–water partition coefficient (Wildman–Crippen LogP) is -0.159. The average molecular weight is 571 g/mol. The van der Waals surface area contributed by atoms with Crippen molar-refractivity contribution in [1.29, 1.82) is 0 Å². The molecule has 0 aromatic rings. The Hall–Kier alpha value is -0.444. The number of carbonyl (C=O) groups excluding carboxylic acids is 4. The van der Waals surface area contributed by atoms with Gasteiger partial charge in [-0.2, -0.15) is 13.8 Å². The molecule has 0 atom stereocenters. The van der Waals surface area contributed by atoms with Crippen LogP contribution < -0.4 is 9.32 Å². The fourth-order valence-corrected chi connectivity index (χ4v) is 1.71. The van der Waals surface area contributed by atoms with E-state index in [9.17, 15) is 19.2 Å². The van der Waals surface area contributed by atoms with Crippen molar-refractivity contribution in [2.45, 2.75) is 41.5 Å². The van der Waals surface area contributed by atoms with Crippen LogP contribution in [-0.4, -0.2) is 75.3 Å². The van der Waals surface area contributed by atoms with Gasteiger partial charge in [-0.1, -0.05) is 0 Å². The maximum atomic E-state index is 10.3. The van der Waals surface area contributed by atoms with E-state index < -0.39 is 10.2 Å². The fourth-order valence-electron chi connectivity index (χ4n) is 1.23. The number of nitrogens with zero attached hydrogens (tertiary/aromatic N) is 1. The van der Waals surface area contributed by atoms with Gasteiger partial charge in [0.15, 0.2) is 0 Å². The third-order valence-corrected chi connectivity index (χ3v) is 3.68. The molecule has 0 aliphatic carbocycles. The molecule has 3 N–H and O–H groups in total. The normalized spacial score (nSPS) is 9.94. The van der Waals surface area contributed by atoms with E-state index in [4.69, 9.17) is 47.6 Å². The molecule has 0 fully saturated rings. The Labute approximate surface area is 212 Å². The monoisotopic (exact) mass is 569 g/mol. The number of rotatable bonds is 10. The van der Waals surface area contributed by atoms with Crippen LogP contribution in [0, 0.1) is 22.1 Å². The number of alkyl halides is 2. The number of hydrogen-bond acceptors (Lipinski definition) is 9. The van der Waals surface area contributed by atoms with E-state index in [0.29, 0.717) is 30.1 Å². The maximum absolute atomic E-state index is 10.3. The van der Waals surface area contributed by atoms with Crippen molar-refractivity contribution in [1.82, 2.24) is 4.90 Å². The van der Waals surface area contributed by atoms with Crippen molar-refractivity contribution >= 4 is 46.3 Å². The molecule has 0 saturated carbocycles. The molecule has 194 valence electrons. The molecule has 0 aromatic heterocycles. The summed E-state index contributed by atoms with van der Waals surface area (Å²) >= 11 is 11.0. The van der Waals surface area contributed by atoms with Crippen molar-refractivity contribution in [2.75, 3.05) is 37.9 Å². The van der Waals surface area contributed by atoms with E-state index in [1.165, 1.54) is 41.5 Å². The van der Waals surface area contributed by atoms with Crippen LogP contribution in [-0.2, 0) is 36.0 Å². The summed E-state index contributed by atoms with van der Waals surface area (Å²) in [7, 11) is -4.44. The molecule has 14 heteroatoms. The molecular formula is C18H33Cl3CoN2O8-. The van der Waals surface area contributed by atoms with Crippen LogP contribution in [0.2, 0.25) is 0 Å². The van der Waals surface area contributed by atoms with Gasteiger partial charge in [-0.3, -0.25) is 11.8 Å². The van der Waals surface area contributed by atoms with E-state index in [0.717, 1.165) is 19.6 Å². The van der Waals surface area contributed by atoms with Gasteiger partial charge in [0.2, 0.25) is 0 Å². The van der Waals surface area contributed by atoms with E-state index in [1.807, 2.05) is 0 Å². The number of carbonyl (C=O) groups is 4. The van der Waals surface area contributed by atoms with Gasteiger partial charge >= 0.3 is 45.7 Å². The second-order valence-electron chi connectivity index (χ2n) is 5.86. The first-order chi connectivity index (χ1) is 14.0. The molecular weight excluding hydrogens is 537 g/mol. The zero-order chi connectivity index (χ0) is 25.8. The van der Waals surface area contributed by atoms with Crippen molar-refractivity contribution < 1.29 is 64.8 Å². The summed E-state index contributed by atoms with van der Waals surface area (Å²) in [5.41, 5.74) is 6.96. The Morgan fingerprint density at radius 1 is 0.812 bits per heavy atom. The van der Waals surface area contributed by atoms with Crippen LogP contribution in [0.5, 0.6) is 0 Å². The van der Waals surface area contributed by atoms with Gasteiger partial charge in [0.1, 0.15) is 0 Å². The van der Waals surface area contributed by atoms with Gasteiger partial charge in [-0.25, -0.2) is 0 Å². The Kier molecular flexibility index (Phi) is 32.9. The first-order valence-corrected chi connectivity index (χ1v) is 11.2. The second kappa shape index (κ2) is 25.2. The molecule has 0 aliphatic rings. The number of nitrogens with one attached hydrogen (secondary N) is 1. The van der Waals surface area contributed by atoms with E-state index in [1.54, 1.807) is 0 Å². The fraction of sp³-hybridized carbons (Fsp3) is 0.667. The van der Waals surface area contributed by atoms with Crippen LogP contribution in [0.15, 0.2) is 0 Å². The molecule has 0 bridgehead atoms. The summed E-state index contributed by atoms with van der Waals surface area (Å²) in [6, 6.07) is 0. The minimum absolute atomic E-state index is 0. The number of ketones is 4. The number of Topliss-reactive ketones (excluding diaryl/α,β-unsaturated/α-hetero) is 4.